The van der Waals surface area contributed by atoms with Crippen LogP contribution in [0.25, 0.3) is 27.5 Å². The molecule has 3 amide bonds. The van der Waals surface area contributed by atoms with Crippen LogP contribution in [0.1, 0.15) is 62.9 Å². The van der Waals surface area contributed by atoms with Crippen LogP contribution in [0.2, 0.25) is 0 Å². The molecule has 6 aromatic rings. The van der Waals surface area contributed by atoms with Gasteiger partial charge in [-0.05, 0) is 78.3 Å². The first-order valence-electron chi connectivity index (χ1n) is 28.0. The number of aliphatic hydroxyl groups is 1. The van der Waals surface area contributed by atoms with Gasteiger partial charge in [0.1, 0.15) is 36.4 Å². The average Bonchev–Trinajstić information content (AvgIpc) is 4.43. The maximum atomic E-state index is 14.3. The van der Waals surface area contributed by atoms with Crippen molar-refractivity contribution in [2.75, 3.05) is 115 Å². The number of ether oxygens (including phenoxy) is 5. The summed E-state index contributed by atoms with van der Waals surface area (Å²) in [7, 11) is 0. The minimum absolute atomic E-state index is 0.0355. The van der Waals surface area contributed by atoms with E-state index in [-0.39, 0.29) is 70.3 Å². The molecular formula is C59H74FN11O10S. The lowest BCUT2D eigenvalue weighted by Crippen LogP contribution is -2.66. The van der Waals surface area contributed by atoms with E-state index < -0.39 is 40.7 Å². The molecule has 23 heteroatoms. The predicted molar refractivity (Wildman–Crippen MR) is 307 cm³/mol. The Morgan fingerprint density at radius 3 is 2.18 bits per heavy atom. The number of rotatable bonds is 27. The van der Waals surface area contributed by atoms with Gasteiger partial charge in [0.15, 0.2) is 17.0 Å². The number of carbonyl (C=O) groups excluding carboxylic acids is 4. The summed E-state index contributed by atoms with van der Waals surface area (Å²) in [6, 6.07) is 23.3. The topological polar surface area (TPSA) is 236 Å². The molecule has 4 N–H and O–H groups in total. The van der Waals surface area contributed by atoms with Crippen molar-refractivity contribution < 1.29 is 52.4 Å². The number of hydrogen-bond acceptors (Lipinski definition) is 18. The smallest absolute Gasteiger partial charge is 0.248 e. The number of anilines is 2. The first-order chi connectivity index (χ1) is 39.7. The Balaban J connectivity index is 0.606. The third-order valence-electron chi connectivity index (χ3n) is 14.9. The van der Waals surface area contributed by atoms with Crippen LogP contribution in [-0.4, -0.2) is 181 Å². The van der Waals surface area contributed by atoms with Crippen molar-refractivity contribution in [1.29, 1.82) is 0 Å². The van der Waals surface area contributed by atoms with Crippen LogP contribution in [0.3, 0.4) is 0 Å². The number of fused-ring (bicyclic) bond motifs is 1. The molecule has 3 fully saturated rings. The number of hydrogen-bond donors (Lipinski definition) is 4. The minimum atomic E-state index is -1.75. The Bertz CT molecular complexity index is 3110. The van der Waals surface area contributed by atoms with E-state index in [0.29, 0.717) is 64.9 Å². The van der Waals surface area contributed by atoms with Gasteiger partial charge in [0.25, 0.3) is 0 Å². The van der Waals surface area contributed by atoms with Crippen molar-refractivity contribution in [1.82, 2.24) is 45.4 Å². The Labute approximate surface area is 480 Å². The van der Waals surface area contributed by atoms with Crippen molar-refractivity contribution in [3.05, 3.63) is 113 Å². The molecule has 7 heterocycles. The number of piperazine rings is 1. The Kier molecular flexibility index (Phi) is 20.4. The third-order valence-corrected chi connectivity index (χ3v) is 15.8. The van der Waals surface area contributed by atoms with Crippen LogP contribution in [0.5, 0.6) is 0 Å². The number of halogens is 1. The van der Waals surface area contributed by atoms with Gasteiger partial charge in [0.05, 0.1) is 99.0 Å². The Morgan fingerprint density at radius 2 is 1.52 bits per heavy atom. The fraction of sp³-hybridized carbons (Fsp3) is 0.492. The monoisotopic (exact) mass is 1150 g/mol. The summed E-state index contributed by atoms with van der Waals surface area (Å²) in [4.78, 5) is 75.5. The molecule has 0 spiro atoms. The normalized spacial score (nSPS) is 18.8. The maximum Gasteiger partial charge on any atom is 0.248 e. The van der Waals surface area contributed by atoms with E-state index in [1.54, 1.807) is 60.8 Å². The fourth-order valence-electron chi connectivity index (χ4n) is 10.5. The number of amides is 3. The molecule has 4 atom stereocenters. The molecular weight excluding hydrogens is 1070 g/mol. The van der Waals surface area contributed by atoms with Crippen LogP contribution < -0.4 is 25.8 Å². The molecule has 438 valence electrons. The standard InChI is InChI=1S/C59H74FN11O10S/c1-40-54(82-39-63-40)42-15-13-41(14-16-42)34-62-57(76)59(33-45(72)35-64-59)56(75)55(58(2,3)4)66-52(73)37-80-30-28-78-26-24-77-25-27-79-29-31-81-38-53(74)69-22-20-68(21-23-69)50-12-6-10-46(65-50)48-36-61-49-17-18-51(67-71(48)49)70-19-7-11-47(70)43-8-5-9-44(60)32-43/h5-6,8-10,12-18,32,36,39,45,47,55,64,72H,7,11,19-31,33-35,37-38H2,1-4H3,(H,62,76)(H,66,73)/t45?,47-,55?,59+/m1/s1. The summed E-state index contributed by atoms with van der Waals surface area (Å²) in [5.74, 6) is -0.380. The fourth-order valence-corrected chi connectivity index (χ4v) is 11.3. The van der Waals surface area contributed by atoms with E-state index in [0.717, 1.165) is 69.7 Å². The molecule has 4 aromatic heterocycles. The molecule has 0 radical (unpaired) electrons. The number of nitrogens with zero attached hydrogens (tertiary/aromatic N) is 8. The van der Waals surface area contributed by atoms with Crippen LogP contribution in [-0.2, 0) is 49.4 Å². The highest BCUT2D eigenvalue weighted by Gasteiger charge is 2.55. The summed E-state index contributed by atoms with van der Waals surface area (Å²) in [6.07, 6.45) is 2.62. The van der Waals surface area contributed by atoms with Crippen molar-refractivity contribution in [2.45, 2.75) is 77.2 Å². The number of benzene rings is 2. The van der Waals surface area contributed by atoms with E-state index in [1.165, 1.54) is 6.07 Å². The molecule has 3 aliphatic heterocycles. The zero-order valence-corrected chi connectivity index (χ0v) is 47.8. The number of thiazole rings is 1. The van der Waals surface area contributed by atoms with Gasteiger partial charge in [-0.1, -0.05) is 63.2 Å². The zero-order chi connectivity index (χ0) is 57.6. The molecule has 0 saturated carbocycles. The number of pyridine rings is 1. The number of aliphatic hydroxyl groups excluding tert-OH is 1. The minimum Gasteiger partial charge on any atom is -0.392 e. The first kappa shape index (κ1) is 59.8. The molecule has 0 aliphatic carbocycles. The molecule has 2 unspecified atom stereocenters. The molecule has 82 heavy (non-hydrogen) atoms. The van der Waals surface area contributed by atoms with E-state index in [9.17, 15) is 28.7 Å². The maximum absolute atomic E-state index is 14.3. The summed E-state index contributed by atoms with van der Waals surface area (Å²) >= 11 is 1.55. The number of ketones is 1. The number of aromatic nitrogens is 5. The summed E-state index contributed by atoms with van der Waals surface area (Å²) in [5, 5.41) is 24.2. The van der Waals surface area contributed by atoms with Crippen LogP contribution in [0, 0.1) is 18.2 Å². The van der Waals surface area contributed by atoms with Gasteiger partial charge >= 0.3 is 0 Å². The van der Waals surface area contributed by atoms with Crippen LogP contribution in [0.15, 0.2) is 90.6 Å². The van der Waals surface area contributed by atoms with Gasteiger partial charge in [-0.2, -0.15) is 0 Å². The zero-order valence-electron chi connectivity index (χ0n) is 47.0. The van der Waals surface area contributed by atoms with E-state index >= 15 is 0 Å². The summed E-state index contributed by atoms with van der Waals surface area (Å²) in [5.41, 5.74) is 5.20. The van der Waals surface area contributed by atoms with Gasteiger partial charge in [-0.3, -0.25) is 24.5 Å². The van der Waals surface area contributed by atoms with Gasteiger partial charge in [-0.15, -0.1) is 16.4 Å². The third kappa shape index (κ3) is 15.0. The lowest BCUT2D eigenvalue weighted by Gasteiger charge is -2.37. The van der Waals surface area contributed by atoms with Crippen molar-refractivity contribution in [2.24, 2.45) is 5.41 Å². The van der Waals surface area contributed by atoms with Crippen molar-refractivity contribution >= 4 is 52.1 Å². The molecule has 2 aromatic carbocycles. The Morgan fingerprint density at radius 1 is 0.829 bits per heavy atom. The SMILES string of the molecule is Cc1ncsc1-c1ccc(CNC(=O)[C@@]2(C(=O)C(NC(=O)COCCOCCOCCOCCOCC(=O)N3CCN(c4cccc(-c5cnc6ccc(N7CCC[C@@H]7c7cccc(F)c7)nn56)n4)CC3)C(C)(C)C)CC(O)CN2)cc1. The number of aryl methyl sites for hydroxylation is 1. The van der Waals surface area contributed by atoms with Crippen LogP contribution in [0.4, 0.5) is 16.0 Å². The average molecular weight is 1150 g/mol. The van der Waals surface area contributed by atoms with E-state index in [1.807, 2.05) is 72.1 Å². The second-order valence-corrected chi connectivity index (χ2v) is 22.6. The summed E-state index contributed by atoms with van der Waals surface area (Å²) in [6.45, 7) is 12.5. The van der Waals surface area contributed by atoms with Gasteiger partial charge in [0, 0.05) is 52.2 Å². The largest absolute Gasteiger partial charge is 0.392 e. The van der Waals surface area contributed by atoms with Crippen LogP contribution >= 0.6 is 11.3 Å². The number of β-amino-alcohol motifs (C(OH)–C–C–N with tert-alkyl or cyclic N) is 1. The number of Topliss-reactive ketones (excluding diaryl/α,β-unsaturated/α-hetero) is 1. The number of carbonyl (C=O) groups is 4. The Hall–Kier alpha value is -6.83. The lowest BCUT2D eigenvalue weighted by molar-refractivity contribution is -0.143. The molecule has 9 rings (SSSR count). The highest BCUT2D eigenvalue weighted by Crippen LogP contribution is 2.36. The number of imidazole rings is 1. The molecule has 21 nitrogen and oxygen atoms in total. The van der Waals surface area contributed by atoms with Crippen molar-refractivity contribution in [3.63, 3.8) is 0 Å². The lowest BCUT2D eigenvalue weighted by atomic mass is 9.76. The highest BCUT2D eigenvalue weighted by atomic mass is 32.1. The van der Waals surface area contributed by atoms with Gasteiger partial charge in [-0.25, -0.2) is 23.9 Å². The second-order valence-electron chi connectivity index (χ2n) is 21.7. The molecule has 0 bridgehead atoms. The highest BCUT2D eigenvalue weighted by molar-refractivity contribution is 7.13. The summed E-state index contributed by atoms with van der Waals surface area (Å²) < 4.78 is 43.9. The first-order valence-corrected chi connectivity index (χ1v) is 28.8. The quantitative estimate of drug-likeness (QED) is 0.0395. The molecule has 3 saturated heterocycles. The molecule has 3 aliphatic rings. The predicted octanol–water partition coefficient (Wildman–Crippen LogP) is 4.94. The van der Waals surface area contributed by atoms with Crippen molar-refractivity contribution in [3.8, 4) is 21.8 Å². The van der Waals surface area contributed by atoms with E-state index in [4.69, 9.17) is 33.8 Å². The number of nitrogens with one attached hydrogen (secondary N) is 3. The van der Waals surface area contributed by atoms with Gasteiger partial charge in [0.2, 0.25) is 17.7 Å². The van der Waals surface area contributed by atoms with E-state index in [2.05, 4.69) is 35.7 Å². The second kappa shape index (κ2) is 28.0. The van der Waals surface area contributed by atoms with Gasteiger partial charge < -0.3 is 54.1 Å².